The number of anilines is 2. The molecule has 10 nitrogen and oxygen atoms in total. The fourth-order valence-corrected chi connectivity index (χ4v) is 9.56. The maximum absolute atomic E-state index is 15.8. The summed E-state index contributed by atoms with van der Waals surface area (Å²) in [5.41, 5.74) is 6.15. The first-order valence-corrected chi connectivity index (χ1v) is 18.9. The molecule has 0 bridgehead atoms. The van der Waals surface area contributed by atoms with Crippen LogP contribution in [0, 0.1) is 17.7 Å². The fraction of sp³-hybridized carbons (Fsp3) is 0.514. The van der Waals surface area contributed by atoms with E-state index in [4.69, 9.17) is 32.0 Å². The highest BCUT2D eigenvalue weighted by atomic mass is 35.5. The van der Waals surface area contributed by atoms with E-state index in [-0.39, 0.29) is 47.8 Å². The number of rotatable bonds is 6. The van der Waals surface area contributed by atoms with Gasteiger partial charge in [-0.25, -0.2) is 14.4 Å². The maximum Gasteiger partial charge on any atom is 0.418 e. The molecule has 2 N–H and O–H groups in total. The molecular weight excluding hydrogens is 732 g/mol. The Bertz CT molecular complexity index is 2060. The van der Waals surface area contributed by atoms with Gasteiger partial charge in [0, 0.05) is 67.6 Å². The average molecular weight is 773 g/mol. The molecular formula is C37H41ClF4N8O2S. The molecule has 4 aliphatic rings. The number of aromatic nitrogens is 4. The van der Waals surface area contributed by atoms with Gasteiger partial charge in [0.25, 0.3) is 5.91 Å². The molecule has 6 heterocycles. The predicted octanol–water partition coefficient (Wildman–Crippen LogP) is 6.64. The zero-order valence-electron chi connectivity index (χ0n) is 30.0. The molecule has 53 heavy (non-hydrogen) atoms. The third-order valence-corrected chi connectivity index (χ3v) is 12.3. The van der Waals surface area contributed by atoms with Gasteiger partial charge in [-0.2, -0.15) is 18.3 Å². The fourth-order valence-electron chi connectivity index (χ4n) is 8.13. The van der Waals surface area contributed by atoms with Gasteiger partial charge in [0.05, 0.1) is 46.9 Å². The van der Waals surface area contributed by atoms with Crippen molar-refractivity contribution >= 4 is 40.8 Å². The summed E-state index contributed by atoms with van der Waals surface area (Å²) in [7, 11) is 3.27. The van der Waals surface area contributed by atoms with Crippen molar-refractivity contribution in [2.24, 2.45) is 0 Å². The lowest BCUT2D eigenvalue weighted by Gasteiger charge is -2.35. The molecule has 0 radical (unpaired) electrons. The first-order valence-electron chi connectivity index (χ1n) is 17.5. The summed E-state index contributed by atoms with van der Waals surface area (Å²) in [6.07, 6.45) is -2.82. The molecule has 282 valence electrons. The van der Waals surface area contributed by atoms with Crippen LogP contribution in [-0.4, -0.2) is 80.0 Å². The molecule has 4 aliphatic heterocycles. The van der Waals surface area contributed by atoms with Crippen LogP contribution in [-0.2, 0) is 37.0 Å². The lowest BCUT2D eigenvalue weighted by molar-refractivity contribution is -0.140. The molecule has 2 saturated heterocycles. The summed E-state index contributed by atoms with van der Waals surface area (Å²) in [6, 6.07) is 0.831. The van der Waals surface area contributed by atoms with Crippen molar-refractivity contribution in [3.8, 4) is 11.8 Å². The number of halogens is 5. The molecule has 0 spiro atoms. The summed E-state index contributed by atoms with van der Waals surface area (Å²) < 4.78 is 67.7. The number of thioether (sulfide) groups is 1. The van der Waals surface area contributed by atoms with Gasteiger partial charge in [-0.15, -0.1) is 5.92 Å². The molecule has 16 heteroatoms. The van der Waals surface area contributed by atoms with Gasteiger partial charge in [0.2, 0.25) is 0 Å². The van der Waals surface area contributed by atoms with E-state index >= 15 is 4.39 Å². The molecule has 2 aromatic heterocycles. The molecule has 1 aromatic carbocycles. The van der Waals surface area contributed by atoms with Crippen LogP contribution in [0.15, 0.2) is 23.4 Å². The number of nitrogens with two attached hydrogens (primary N) is 1. The topological polar surface area (TPSA) is 106 Å². The number of carbonyl (C=O) groups excluding carboxylic acids is 1. The third kappa shape index (κ3) is 6.77. The minimum absolute atomic E-state index is 0.0683. The lowest BCUT2D eigenvalue weighted by Crippen LogP contribution is -2.40. The van der Waals surface area contributed by atoms with E-state index in [9.17, 15) is 18.0 Å². The Kier molecular flexibility index (Phi) is 9.97. The average Bonchev–Trinajstić information content (AvgIpc) is 3.69. The number of ether oxygens (including phenoxy) is 1. The van der Waals surface area contributed by atoms with Crippen LogP contribution in [0.5, 0.6) is 0 Å². The second-order valence-electron chi connectivity index (χ2n) is 14.5. The number of aryl methyl sites for hydroxylation is 1. The first kappa shape index (κ1) is 37.5. The van der Waals surface area contributed by atoms with Gasteiger partial charge in [0.15, 0.2) is 16.7 Å². The smallest absolute Gasteiger partial charge is 0.396 e. The zero-order valence-corrected chi connectivity index (χ0v) is 31.6. The van der Waals surface area contributed by atoms with E-state index < -0.39 is 40.5 Å². The van der Waals surface area contributed by atoms with Crippen molar-refractivity contribution in [2.75, 3.05) is 43.6 Å². The Hall–Kier alpha value is -3.84. The molecule has 1 amide bonds. The van der Waals surface area contributed by atoms with Crippen LogP contribution in [0.4, 0.5) is 29.1 Å². The third-order valence-electron chi connectivity index (χ3n) is 10.7. The van der Waals surface area contributed by atoms with E-state index in [1.807, 2.05) is 6.92 Å². The van der Waals surface area contributed by atoms with E-state index in [1.54, 1.807) is 18.8 Å². The van der Waals surface area contributed by atoms with Crippen molar-refractivity contribution in [1.29, 1.82) is 0 Å². The van der Waals surface area contributed by atoms with Gasteiger partial charge >= 0.3 is 6.18 Å². The number of carbonyl (C=O) groups is 1. The van der Waals surface area contributed by atoms with Gasteiger partial charge in [0.1, 0.15) is 5.82 Å². The largest absolute Gasteiger partial charge is 0.418 e. The highest BCUT2D eigenvalue weighted by molar-refractivity contribution is 7.99. The maximum atomic E-state index is 15.8. The van der Waals surface area contributed by atoms with Crippen LogP contribution in [0.2, 0.25) is 5.02 Å². The number of alkyl halides is 3. The van der Waals surface area contributed by atoms with Crippen molar-refractivity contribution in [2.45, 2.75) is 94.7 Å². The molecule has 0 saturated carbocycles. The Morgan fingerprint density at radius 2 is 2.04 bits per heavy atom. The summed E-state index contributed by atoms with van der Waals surface area (Å²) in [4.78, 5) is 28.9. The Morgan fingerprint density at radius 3 is 2.75 bits per heavy atom. The van der Waals surface area contributed by atoms with E-state index in [2.05, 4.69) is 33.3 Å². The Labute approximate surface area is 315 Å². The summed E-state index contributed by atoms with van der Waals surface area (Å²) in [5.74, 6) is 4.69. The highest BCUT2D eigenvalue weighted by Gasteiger charge is 2.46. The SMILES string of the molecule is C=C1CN2CCC[C@@]2(CSc2nc3c(c(N4Cc5c(Cl)c(C(=O)N(C)C)nn5CC[C@H]4C)n2)CO[C@H](c2c(F)c(N)cc(C#CC)c2C(F)(F)F)C3)C1. The molecule has 2 fully saturated rings. The molecule has 7 rings (SSSR count). The number of amides is 1. The lowest BCUT2D eigenvalue weighted by atomic mass is 9.90. The zero-order chi connectivity index (χ0) is 38.0. The van der Waals surface area contributed by atoms with Crippen molar-refractivity contribution in [1.82, 2.24) is 29.5 Å². The second-order valence-corrected chi connectivity index (χ2v) is 15.8. The van der Waals surface area contributed by atoms with E-state index in [0.717, 1.165) is 38.4 Å². The van der Waals surface area contributed by atoms with Gasteiger partial charge in [-0.1, -0.05) is 41.4 Å². The van der Waals surface area contributed by atoms with Gasteiger partial charge < -0.3 is 20.3 Å². The summed E-state index contributed by atoms with van der Waals surface area (Å²) in [6.45, 7) is 10.1. The van der Waals surface area contributed by atoms with Crippen LogP contribution >= 0.6 is 23.4 Å². The summed E-state index contributed by atoms with van der Waals surface area (Å²) >= 11 is 8.34. The van der Waals surface area contributed by atoms with Crippen molar-refractivity contribution in [3.05, 3.63) is 68.4 Å². The van der Waals surface area contributed by atoms with Crippen LogP contribution in [0.1, 0.15) is 89.8 Å². The summed E-state index contributed by atoms with van der Waals surface area (Å²) in [5, 5.41) is 5.27. The normalized spacial score (nSPS) is 22.9. The Balaban J connectivity index is 1.32. The standard InChI is InChI=1S/C37H41ClF4N8O2S/c1-6-8-22-13-24(43)31(39)28(29(22)37(40,41)42)27-14-25-23(18-52-27)33(45-35(44-25)53-19-36-10-7-11-48(36)16-20(2)15-36)49-17-26-30(38)32(34(51)47(4)5)46-50(26)12-9-21(49)3/h13,21,27H,2,7,9-12,14-19,43H2,1,3-5H3/t21-,27+,36+/m1/s1. The number of nitrogens with zero attached hydrogens (tertiary/aromatic N) is 7. The van der Waals surface area contributed by atoms with E-state index in [1.165, 1.54) is 29.2 Å². The highest BCUT2D eigenvalue weighted by Crippen LogP contribution is 2.47. The molecule has 0 aliphatic carbocycles. The number of nitrogen functional groups attached to an aromatic ring is 1. The van der Waals surface area contributed by atoms with E-state index in [0.29, 0.717) is 46.6 Å². The van der Waals surface area contributed by atoms with Crippen molar-refractivity contribution in [3.63, 3.8) is 0 Å². The molecule has 3 aromatic rings. The van der Waals surface area contributed by atoms with Crippen LogP contribution < -0.4 is 10.6 Å². The predicted molar refractivity (Wildman–Crippen MR) is 195 cm³/mol. The quantitative estimate of drug-likeness (QED) is 0.0738. The van der Waals surface area contributed by atoms with Gasteiger partial charge in [-0.3, -0.25) is 14.4 Å². The number of hydrogen-bond donors (Lipinski definition) is 1. The minimum Gasteiger partial charge on any atom is -0.396 e. The van der Waals surface area contributed by atoms with Gasteiger partial charge in [-0.05, 0) is 52.1 Å². The number of fused-ring (bicyclic) bond motifs is 3. The van der Waals surface area contributed by atoms with Crippen LogP contribution in [0.25, 0.3) is 0 Å². The van der Waals surface area contributed by atoms with Crippen LogP contribution in [0.3, 0.4) is 0 Å². The minimum atomic E-state index is -4.93. The Morgan fingerprint density at radius 1 is 1.26 bits per heavy atom. The molecule has 0 unspecified atom stereocenters. The first-order chi connectivity index (χ1) is 25.1. The number of hydrogen-bond acceptors (Lipinski definition) is 9. The number of benzene rings is 1. The molecule has 3 atom stereocenters. The second kappa shape index (κ2) is 14.1. The monoisotopic (exact) mass is 772 g/mol. The van der Waals surface area contributed by atoms with Crippen molar-refractivity contribution < 1.29 is 27.1 Å².